The van der Waals surface area contributed by atoms with Crippen LogP contribution in [0.5, 0.6) is 0 Å². The number of piperazine rings is 1. The maximum atomic E-state index is 13.9. The quantitative estimate of drug-likeness (QED) is 0.513. The number of hydrogen-bond donors (Lipinski definition) is 2. The Morgan fingerprint density at radius 2 is 1.72 bits per heavy atom. The zero-order valence-corrected chi connectivity index (χ0v) is 18.7. The fourth-order valence-corrected chi connectivity index (χ4v) is 3.45. The maximum Gasteiger partial charge on any atom is 0.490 e. The minimum absolute atomic E-state index is 0.131. The van der Waals surface area contributed by atoms with Gasteiger partial charge in [-0.15, -0.1) is 0 Å². The summed E-state index contributed by atoms with van der Waals surface area (Å²) in [6.07, 6.45) is 2.02. The van der Waals surface area contributed by atoms with E-state index in [-0.39, 0.29) is 11.6 Å². The molecule has 4 heterocycles. The molecule has 3 aromatic heterocycles. The number of carbonyl (C=O) groups is 2. The van der Waals surface area contributed by atoms with Crippen LogP contribution in [0.15, 0.2) is 36.8 Å². The van der Waals surface area contributed by atoms with E-state index in [1.807, 2.05) is 6.07 Å². The lowest BCUT2D eigenvalue weighted by molar-refractivity contribution is -0.192. The normalized spacial score (nSPS) is 15.8. The van der Waals surface area contributed by atoms with E-state index in [0.717, 1.165) is 35.5 Å². The topological polar surface area (TPSA) is 124 Å². The van der Waals surface area contributed by atoms with Gasteiger partial charge in [0.25, 0.3) is 5.91 Å². The van der Waals surface area contributed by atoms with Crippen LogP contribution in [0.1, 0.15) is 23.3 Å². The molecule has 190 valence electrons. The molecule has 14 heteroatoms. The summed E-state index contributed by atoms with van der Waals surface area (Å²) < 4.78 is 45.6. The number of anilines is 2. The molecule has 5 rings (SSSR count). The number of nitrogens with zero attached hydrogens (tertiary/aromatic N) is 6. The van der Waals surface area contributed by atoms with Gasteiger partial charge in [0.15, 0.2) is 23.1 Å². The average molecular weight is 507 g/mol. The summed E-state index contributed by atoms with van der Waals surface area (Å²) in [5.74, 6) is -2.20. The third-order valence-corrected chi connectivity index (χ3v) is 5.44. The molecule has 0 radical (unpaired) electrons. The highest BCUT2D eigenvalue weighted by atomic mass is 19.4. The van der Waals surface area contributed by atoms with Crippen LogP contribution in [-0.4, -0.2) is 80.2 Å². The first kappa shape index (κ1) is 25.0. The van der Waals surface area contributed by atoms with Gasteiger partial charge in [-0.1, -0.05) is 0 Å². The summed E-state index contributed by atoms with van der Waals surface area (Å²) in [5, 5.41) is 10.6. The van der Waals surface area contributed by atoms with Crippen molar-refractivity contribution < 1.29 is 32.3 Å². The van der Waals surface area contributed by atoms with Gasteiger partial charge in [0.2, 0.25) is 0 Å². The molecule has 1 aliphatic heterocycles. The molecule has 1 saturated heterocycles. The van der Waals surface area contributed by atoms with E-state index in [1.54, 1.807) is 17.3 Å². The molecule has 2 aliphatic rings. The maximum absolute atomic E-state index is 13.9. The molecule has 1 aliphatic carbocycles. The van der Waals surface area contributed by atoms with E-state index >= 15 is 0 Å². The van der Waals surface area contributed by atoms with Gasteiger partial charge in [0.05, 0.1) is 11.7 Å². The van der Waals surface area contributed by atoms with Crippen LogP contribution in [0.25, 0.3) is 11.0 Å². The molecule has 0 spiro atoms. The molecule has 1 amide bonds. The zero-order chi connectivity index (χ0) is 25.9. The van der Waals surface area contributed by atoms with Crippen molar-refractivity contribution in [3.8, 4) is 0 Å². The van der Waals surface area contributed by atoms with E-state index < -0.39 is 18.0 Å². The predicted molar refractivity (Wildman–Crippen MR) is 120 cm³/mol. The van der Waals surface area contributed by atoms with E-state index in [1.165, 1.54) is 18.3 Å². The molecule has 0 atom stereocenters. The number of aromatic nitrogens is 4. The number of carboxylic acid groups (broad SMARTS) is 1. The second-order valence-electron chi connectivity index (χ2n) is 8.09. The lowest BCUT2D eigenvalue weighted by Crippen LogP contribution is -2.49. The van der Waals surface area contributed by atoms with Crippen LogP contribution < -0.4 is 10.2 Å². The number of halogens is 4. The monoisotopic (exact) mass is 507 g/mol. The van der Waals surface area contributed by atoms with E-state index in [4.69, 9.17) is 19.9 Å². The van der Waals surface area contributed by atoms with Crippen LogP contribution in [0.4, 0.5) is 29.2 Å². The van der Waals surface area contributed by atoms with Crippen LogP contribution in [0, 0.1) is 5.82 Å². The Kier molecular flexibility index (Phi) is 7.12. The molecule has 2 N–H and O–H groups in total. The summed E-state index contributed by atoms with van der Waals surface area (Å²) in [7, 11) is 0. The Morgan fingerprint density at radius 3 is 2.33 bits per heavy atom. The summed E-state index contributed by atoms with van der Waals surface area (Å²) >= 11 is 0. The predicted octanol–water partition coefficient (Wildman–Crippen LogP) is 2.73. The summed E-state index contributed by atoms with van der Waals surface area (Å²) in [6, 6.07) is 5.02. The highest BCUT2D eigenvalue weighted by molar-refractivity contribution is 5.92. The zero-order valence-electron chi connectivity index (χ0n) is 18.7. The van der Waals surface area contributed by atoms with Gasteiger partial charge >= 0.3 is 12.1 Å². The number of carbonyl (C=O) groups excluding carboxylic acids is 1. The summed E-state index contributed by atoms with van der Waals surface area (Å²) in [4.78, 5) is 42.8. The molecule has 3 aromatic rings. The van der Waals surface area contributed by atoms with Crippen molar-refractivity contribution in [1.29, 1.82) is 0 Å². The second-order valence-corrected chi connectivity index (χ2v) is 8.09. The van der Waals surface area contributed by atoms with Crippen molar-refractivity contribution in [3.63, 3.8) is 0 Å². The Hall–Kier alpha value is -4.10. The number of nitrogens with one attached hydrogen (secondary N) is 1. The molecular formula is C22H21F4N7O3. The van der Waals surface area contributed by atoms with Gasteiger partial charge in [-0.2, -0.15) is 13.2 Å². The minimum Gasteiger partial charge on any atom is -0.475 e. The van der Waals surface area contributed by atoms with Crippen LogP contribution in [0.2, 0.25) is 0 Å². The highest BCUT2D eigenvalue weighted by Crippen LogP contribution is 2.31. The number of pyridine rings is 2. The lowest BCUT2D eigenvalue weighted by atomic mass is 10.2. The fraction of sp³-hybridized carbons (Fsp3) is 0.364. The Balaban J connectivity index is 0.000000384. The first-order valence-electron chi connectivity index (χ1n) is 11.0. The molecule has 0 unspecified atom stereocenters. The molecule has 0 bridgehead atoms. The molecule has 0 aromatic carbocycles. The third-order valence-electron chi connectivity index (χ3n) is 5.44. The van der Waals surface area contributed by atoms with Crippen molar-refractivity contribution in [2.75, 3.05) is 36.4 Å². The molecule has 2 fully saturated rings. The van der Waals surface area contributed by atoms with Crippen molar-refractivity contribution in [2.45, 2.75) is 25.1 Å². The summed E-state index contributed by atoms with van der Waals surface area (Å²) in [6.45, 7) is 2.09. The van der Waals surface area contributed by atoms with Crippen LogP contribution in [-0.2, 0) is 4.79 Å². The molecular weight excluding hydrogens is 486 g/mol. The lowest BCUT2D eigenvalue weighted by Gasteiger charge is -2.35. The van der Waals surface area contributed by atoms with Gasteiger partial charge in [-0.3, -0.25) is 9.78 Å². The number of rotatable bonds is 4. The molecule has 1 saturated carbocycles. The number of aliphatic carboxylic acids is 1. The molecule has 10 nitrogen and oxygen atoms in total. The van der Waals surface area contributed by atoms with Crippen molar-refractivity contribution in [1.82, 2.24) is 24.8 Å². The van der Waals surface area contributed by atoms with Gasteiger partial charge < -0.3 is 20.2 Å². The third kappa shape index (κ3) is 5.93. The minimum atomic E-state index is -5.08. The van der Waals surface area contributed by atoms with E-state index in [2.05, 4.69) is 20.2 Å². The SMILES string of the molecule is O=C(O)C(F)(F)F.O=C(c1ncccc1F)N1CCN(c2nc3cnccc3nc2NC2CC2)CC1. The van der Waals surface area contributed by atoms with Crippen molar-refractivity contribution in [2.24, 2.45) is 0 Å². The Labute approximate surface area is 202 Å². The Bertz CT molecular complexity index is 1260. The largest absolute Gasteiger partial charge is 0.490 e. The van der Waals surface area contributed by atoms with Gasteiger partial charge in [-0.25, -0.2) is 24.1 Å². The Morgan fingerprint density at radius 1 is 1.03 bits per heavy atom. The molecule has 36 heavy (non-hydrogen) atoms. The van der Waals surface area contributed by atoms with Gasteiger partial charge in [0, 0.05) is 44.6 Å². The number of amides is 1. The van der Waals surface area contributed by atoms with E-state index in [0.29, 0.717) is 32.2 Å². The van der Waals surface area contributed by atoms with Gasteiger partial charge in [0.1, 0.15) is 5.52 Å². The number of alkyl halides is 3. The van der Waals surface area contributed by atoms with Gasteiger partial charge in [-0.05, 0) is 31.0 Å². The second kappa shape index (κ2) is 10.3. The first-order chi connectivity index (χ1) is 17.1. The van der Waals surface area contributed by atoms with Crippen LogP contribution >= 0.6 is 0 Å². The number of carboxylic acids is 1. The van der Waals surface area contributed by atoms with Crippen molar-refractivity contribution >= 4 is 34.5 Å². The first-order valence-corrected chi connectivity index (χ1v) is 11.0. The standard InChI is InChI=1S/C20H20FN7O.C2HF3O2/c21-14-2-1-6-23-17(14)20(29)28-10-8-27(9-11-28)19-18(24-13-3-4-13)25-15-5-7-22-12-16(15)26-19;3-2(4,5)1(6)7/h1-2,5-7,12-13H,3-4,8-11H2,(H,24,25);(H,6,7). The highest BCUT2D eigenvalue weighted by Gasteiger charge is 2.38. The van der Waals surface area contributed by atoms with E-state index in [9.17, 15) is 22.4 Å². The number of fused-ring (bicyclic) bond motifs is 1. The summed E-state index contributed by atoms with van der Waals surface area (Å²) in [5.41, 5.74) is 1.40. The van der Waals surface area contributed by atoms with Crippen LogP contribution in [0.3, 0.4) is 0 Å². The fourth-order valence-electron chi connectivity index (χ4n) is 3.45. The average Bonchev–Trinajstić information content (AvgIpc) is 3.67. The number of hydrogen-bond acceptors (Lipinski definition) is 8. The van der Waals surface area contributed by atoms with Crippen molar-refractivity contribution in [3.05, 3.63) is 48.3 Å². The smallest absolute Gasteiger partial charge is 0.475 e.